The third-order valence-corrected chi connectivity index (χ3v) is 0.239. The fourth-order valence-electron chi connectivity index (χ4n) is 0.0985. The molecular weight excluding hydrogens is 80.0 g/mol. The SMILES string of the molecule is C#COC(C)O. The summed E-state index contributed by atoms with van der Waals surface area (Å²) in [6, 6.07) is 0. The Balaban J connectivity index is 2.88. The monoisotopic (exact) mass is 86.0 g/mol. The molecule has 0 aliphatic carbocycles. The van der Waals surface area contributed by atoms with Gasteiger partial charge >= 0.3 is 0 Å². The number of terminal acetylenes is 1. The zero-order valence-electron chi connectivity index (χ0n) is 3.51. The summed E-state index contributed by atoms with van der Waals surface area (Å²) >= 11 is 0. The van der Waals surface area contributed by atoms with Crippen LogP contribution in [0.4, 0.5) is 0 Å². The Labute approximate surface area is 36.7 Å². The highest BCUT2D eigenvalue weighted by Crippen LogP contribution is 1.76. The molecule has 0 aliphatic rings. The van der Waals surface area contributed by atoms with Crippen molar-refractivity contribution >= 4 is 0 Å². The quantitative estimate of drug-likeness (QED) is 0.357. The smallest absolute Gasteiger partial charge is 0.204 e. The van der Waals surface area contributed by atoms with Gasteiger partial charge < -0.3 is 9.84 Å². The van der Waals surface area contributed by atoms with E-state index in [2.05, 4.69) is 11.2 Å². The summed E-state index contributed by atoms with van der Waals surface area (Å²) in [7, 11) is 0. The minimum absolute atomic E-state index is 0.838. The number of hydrogen-bond donors (Lipinski definition) is 1. The second-order valence-corrected chi connectivity index (χ2v) is 0.835. The summed E-state index contributed by atoms with van der Waals surface area (Å²) < 4.78 is 4.12. The topological polar surface area (TPSA) is 29.5 Å². The van der Waals surface area contributed by atoms with E-state index in [9.17, 15) is 0 Å². The third kappa shape index (κ3) is 3.32. The summed E-state index contributed by atoms with van der Waals surface area (Å²) in [5, 5.41) is 8.19. The molecule has 1 unspecified atom stereocenters. The van der Waals surface area contributed by atoms with Gasteiger partial charge in [-0.3, -0.25) is 0 Å². The van der Waals surface area contributed by atoms with Crippen LogP contribution in [0, 0.1) is 12.5 Å². The van der Waals surface area contributed by atoms with Crippen LogP contribution >= 0.6 is 0 Å². The molecular formula is C4H6O2. The van der Waals surface area contributed by atoms with E-state index in [1.807, 2.05) is 6.11 Å². The van der Waals surface area contributed by atoms with Crippen molar-refractivity contribution in [1.82, 2.24) is 0 Å². The van der Waals surface area contributed by atoms with Crippen LogP contribution < -0.4 is 0 Å². The lowest BCUT2D eigenvalue weighted by molar-refractivity contribution is -0.0229. The van der Waals surface area contributed by atoms with Gasteiger partial charge in [-0.2, -0.15) is 0 Å². The summed E-state index contributed by atoms with van der Waals surface area (Å²) in [6.07, 6.45) is 5.58. The second-order valence-electron chi connectivity index (χ2n) is 0.835. The molecule has 0 rings (SSSR count). The first kappa shape index (κ1) is 5.32. The summed E-state index contributed by atoms with van der Waals surface area (Å²) in [6.45, 7) is 1.44. The molecule has 0 heterocycles. The number of aliphatic hydroxyl groups is 1. The molecule has 0 aromatic heterocycles. The van der Waals surface area contributed by atoms with Crippen molar-refractivity contribution < 1.29 is 9.84 Å². The van der Waals surface area contributed by atoms with Gasteiger partial charge in [0.15, 0.2) is 0 Å². The van der Waals surface area contributed by atoms with Crippen LogP contribution in [0.3, 0.4) is 0 Å². The van der Waals surface area contributed by atoms with Gasteiger partial charge in [0.05, 0.1) is 0 Å². The van der Waals surface area contributed by atoms with Crippen LogP contribution in [0.5, 0.6) is 0 Å². The average Bonchev–Trinajstić information content (AvgIpc) is 1.35. The van der Waals surface area contributed by atoms with Crippen molar-refractivity contribution in [2.24, 2.45) is 0 Å². The van der Waals surface area contributed by atoms with Crippen LogP contribution in [0.1, 0.15) is 6.92 Å². The van der Waals surface area contributed by atoms with Crippen molar-refractivity contribution in [3.05, 3.63) is 0 Å². The molecule has 0 saturated carbocycles. The van der Waals surface area contributed by atoms with Crippen LogP contribution in [-0.2, 0) is 4.74 Å². The Morgan fingerprint density at radius 2 is 2.50 bits per heavy atom. The maximum absolute atomic E-state index is 8.19. The highest BCUT2D eigenvalue weighted by molar-refractivity contribution is 4.67. The maximum atomic E-state index is 8.19. The van der Waals surface area contributed by atoms with Crippen molar-refractivity contribution in [3.8, 4) is 12.5 Å². The zero-order chi connectivity index (χ0) is 4.99. The molecule has 0 amide bonds. The Kier molecular flexibility index (Phi) is 2.26. The predicted octanol–water partition coefficient (Wildman–Crippen LogP) is -0.0680. The van der Waals surface area contributed by atoms with Gasteiger partial charge in [0.25, 0.3) is 0 Å². The van der Waals surface area contributed by atoms with Gasteiger partial charge in [-0.05, 0) is 6.92 Å². The molecule has 34 valence electrons. The molecule has 0 bridgehead atoms. The minimum Gasteiger partial charge on any atom is -0.415 e. The summed E-state index contributed by atoms with van der Waals surface area (Å²) in [5.41, 5.74) is 0. The second kappa shape index (κ2) is 2.55. The van der Waals surface area contributed by atoms with Crippen molar-refractivity contribution in [3.63, 3.8) is 0 Å². The molecule has 6 heavy (non-hydrogen) atoms. The summed E-state index contributed by atoms with van der Waals surface area (Å²) in [5.74, 6) is 0. The first-order valence-corrected chi connectivity index (χ1v) is 1.56. The Morgan fingerprint density at radius 1 is 2.00 bits per heavy atom. The van der Waals surface area contributed by atoms with E-state index < -0.39 is 6.29 Å². The number of hydrogen-bond acceptors (Lipinski definition) is 2. The lowest BCUT2D eigenvalue weighted by Crippen LogP contribution is -1.99. The third-order valence-electron chi connectivity index (χ3n) is 0.239. The normalized spacial score (nSPS) is 12.2. The molecule has 1 atom stereocenters. The fraction of sp³-hybridized carbons (Fsp3) is 0.500. The molecule has 0 aromatic carbocycles. The molecule has 2 nitrogen and oxygen atoms in total. The number of ether oxygens (including phenoxy) is 1. The molecule has 0 aliphatic heterocycles. The van der Waals surface area contributed by atoms with Crippen LogP contribution in [0.2, 0.25) is 0 Å². The van der Waals surface area contributed by atoms with Crippen molar-refractivity contribution in [2.45, 2.75) is 13.2 Å². The lowest BCUT2D eigenvalue weighted by atomic mass is 10.8. The van der Waals surface area contributed by atoms with Gasteiger partial charge in [-0.25, -0.2) is 0 Å². The van der Waals surface area contributed by atoms with Crippen molar-refractivity contribution in [1.29, 1.82) is 0 Å². The van der Waals surface area contributed by atoms with Gasteiger partial charge in [0.1, 0.15) is 6.11 Å². The Morgan fingerprint density at radius 3 is 2.50 bits per heavy atom. The molecule has 0 fully saturated rings. The molecule has 0 saturated heterocycles. The van der Waals surface area contributed by atoms with Gasteiger partial charge in [-0.1, -0.05) is 6.42 Å². The maximum Gasteiger partial charge on any atom is 0.204 e. The lowest BCUT2D eigenvalue weighted by Gasteiger charge is -1.94. The molecule has 0 spiro atoms. The van der Waals surface area contributed by atoms with Crippen LogP contribution in [0.25, 0.3) is 0 Å². The standard InChI is InChI=1S/C4H6O2/c1-3-6-4(2)5/h1,4-5H,2H3. The molecule has 0 radical (unpaired) electrons. The van der Waals surface area contributed by atoms with Gasteiger partial charge in [0.2, 0.25) is 6.29 Å². The summed E-state index contributed by atoms with van der Waals surface area (Å²) in [4.78, 5) is 0. The highest BCUT2D eigenvalue weighted by atomic mass is 16.6. The minimum atomic E-state index is -0.838. The highest BCUT2D eigenvalue weighted by Gasteiger charge is 1.83. The molecule has 2 heteroatoms. The van der Waals surface area contributed by atoms with E-state index in [1.54, 1.807) is 0 Å². The van der Waals surface area contributed by atoms with E-state index in [0.29, 0.717) is 0 Å². The first-order chi connectivity index (χ1) is 2.77. The molecule has 0 aromatic rings. The van der Waals surface area contributed by atoms with Crippen molar-refractivity contribution in [2.75, 3.05) is 0 Å². The number of aliphatic hydroxyl groups excluding tert-OH is 1. The van der Waals surface area contributed by atoms with E-state index >= 15 is 0 Å². The van der Waals surface area contributed by atoms with E-state index in [1.165, 1.54) is 6.92 Å². The van der Waals surface area contributed by atoms with E-state index in [-0.39, 0.29) is 0 Å². The Bertz CT molecular complexity index is 60.4. The van der Waals surface area contributed by atoms with E-state index in [0.717, 1.165) is 0 Å². The first-order valence-electron chi connectivity index (χ1n) is 1.56. The van der Waals surface area contributed by atoms with Gasteiger partial charge in [-0.15, -0.1) is 0 Å². The largest absolute Gasteiger partial charge is 0.415 e. The Hall–Kier alpha value is -0.680. The van der Waals surface area contributed by atoms with Crippen LogP contribution in [-0.4, -0.2) is 11.4 Å². The fourth-order valence-corrected chi connectivity index (χ4v) is 0.0985. The van der Waals surface area contributed by atoms with E-state index in [4.69, 9.17) is 5.11 Å². The van der Waals surface area contributed by atoms with Gasteiger partial charge in [0, 0.05) is 0 Å². The predicted molar refractivity (Wildman–Crippen MR) is 21.6 cm³/mol. The molecule has 1 N–H and O–H groups in total. The zero-order valence-corrected chi connectivity index (χ0v) is 3.51. The number of rotatable bonds is 1. The average molecular weight is 86.1 g/mol. The van der Waals surface area contributed by atoms with Crippen LogP contribution in [0.15, 0.2) is 0 Å².